The molecule has 7 heteroatoms. The van der Waals surface area contributed by atoms with Crippen LogP contribution in [0.1, 0.15) is 12.0 Å². The molecule has 1 saturated heterocycles. The Morgan fingerprint density at radius 1 is 1.48 bits per heavy atom. The summed E-state index contributed by atoms with van der Waals surface area (Å²) in [5, 5.41) is 3.06. The zero-order chi connectivity index (χ0) is 15.6. The van der Waals surface area contributed by atoms with Crippen LogP contribution in [0.5, 0.6) is 5.75 Å². The molecular weight excluding hydrogens is 295 g/mol. The van der Waals surface area contributed by atoms with E-state index in [-0.39, 0.29) is 16.2 Å². The predicted molar refractivity (Wildman–Crippen MR) is 78.5 cm³/mol. The minimum atomic E-state index is -3.66. The van der Waals surface area contributed by atoms with Gasteiger partial charge in [0.15, 0.2) is 11.6 Å². The first-order chi connectivity index (χ1) is 9.91. The molecular formula is C14H21FN2O3S. The van der Waals surface area contributed by atoms with Gasteiger partial charge in [0.2, 0.25) is 10.0 Å². The Kier molecular flexibility index (Phi) is 4.85. The summed E-state index contributed by atoms with van der Waals surface area (Å²) in [5.74, 6) is -0.265. The minimum Gasteiger partial charge on any atom is -0.494 e. The minimum absolute atomic E-state index is 0.0194. The number of hydrogen-bond donors (Lipinski definition) is 1. The Bertz CT molecular complexity index is 619. The zero-order valence-corrected chi connectivity index (χ0v) is 13.3. The van der Waals surface area contributed by atoms with Crippen molar-refractivity contribution in [2.45, 2.75) is 18.2 Å². The van der Waals surface area contributed by atoms with Crippen LogP contribution in [0.25, 0.3) is 0 Å². The molecule has 0 aromatic heterocycles. The lowest BCUT2D eigenvalue weighted by molar-refractivity contribution is 0.383. The summed E-state index contributed by atoms with van der Waals surface area (Å²) in [7, 11) is -0.455. The Morgan fingerprint density at radius 3 is 2.81 bits per heavy atom. The molecule has 118 valence electrons. The SMILES string of the molecule is CNCC1CCN(S(=O)(=O)c2ccc(OC)c(F)c2C)C1. The van der Waals surface area contributed by atoms with Gasteiger partial charge in [0.05, 0.1) is 12.0 Å². The van der Waals surface area contributed by atoms with Crippen molar-refractivity contribution in [3.63, 3.8) is 0 Å². The average molecular weight is 316 g/mol. The Labute approximate surface area is 125 Å². The molecule has 0 aliphatic carbocycles. The average Bonchev–Trinajstić information content (AvgIpc) is 2.91. The number of nitrogens with one attached hydrogen (secondary N) is 1. The van der Waals surface area contributed by atoms with E-state index in [9.17, 15) is 12.8 Å². The second kappa shape index (κ2) is 6.29. The molecule has 1 N–H and O–H groups in total. The fraction of sp³-hybridized carbons (Fsp3) is 0.571. The second-order valence-electron chi connectivity index (χ2n) is 5.28. The Morgan fingerprint density at radius 2 is 2.19 bits per heavy atom. The van der Waals surface area contributed by atoms with Gasteiger partial charge in [-0.15, -0.1) is 0 Å². The maximum Gasteiger partial charge on any atom is 0.243 e. The van der Waals surface area contributed by atoms with Crippen LogP contribution in [-0.4, -0.2) is 46.5 Å². The molecule has 0 bridgehead atoms. The number of ether oxygens (including phenoxy) is 1. The van der Waals surface area contributed by atoms with Crippen LogP contribution >= 0.6 is 0 Å². The molecule has 0 amide bonds. The third-order valence-electron chi connectivity index (χ3n) is 3.88. The molecule has 1 aliphatic rings. The second-order valence-corrected chi connectivity index (χ2v) is 7.19. The van der Waals surface area contributed by atoms with Crippen molar-refractivity contribution in [3.05, 3.63) is 23.5 Å². The zero-order valence-electron chi connectivity index (χ0n) is 12.5. The third kappa shape index (κ3) is 3.04. The van der Waals surface area contributed by atoms with Gasteiger partial charge in [-0.1, -0.05) is 0 Å². The first kappa shape index (κ1) is 16.2. The quantitative estimate of drug-likeness (QED) is 0.891. The Hall–Kier alpha value is -1.18. The number of sulfonamides is 1. The number of benzene rings is 1. The topological polar surface area (TPSA) is 58.6 Å². The number of halogens is 1. The molecule has 1 aromatic rings. The van der Waals surface area contributed by atoms with Crippen molar-refractivity contribution >= 4 is 10.0 Å². The fourth-order valence-electron chi connectivity index (χ4n) is 2.69. The van der Waals surface area contributed by atoms with Gasteiger partial charge in [0.25, 0.3) is 0 Å². The van der Waals surface area contributed by atoms with E-state index in [0.717, 1.165) is 13.0 Å². The molecule has 1 fully saturated rings. The third-order valence-corrected chi connectivity index (χ3v) is 5.89. The molecule has 1 aliphatic heterocycles. The summed E-state index contributed by atoms with van der Waals surface area (Å²) in [6.07, 6.45) is 0.817. The van der Waals surface area contributed by atoms with Crippen LogP contribution < -0.4 is 10.1 Å². The van der Waals surface area contributed by atoms with Gasteiger partial charge in [-0.2, -0.15) is 4.31 Å². The highest BCUT2D eigenvalue weighted by Crippen LogP contribution is 2.30. The normalized spacial score (nSPS) is 19.9. The van der Waals surface area contributed by atoms with Crippen molar-refractivity contribution in [3.8, 4) is 5.75 Å². The molecule has 1 aromatic carbocycles. The molecule has 2 rings (SSSR count). The highest BCUT2D eigenvalue weighted by molar-refractivity contribution is 7.89. The standard InChI is InChI=1S/C14H21FN2O3S/c1-10-13(5-4-12(20-3)14(10)15)21(18,19)17-7-6-11(9-17)8-16-2/h4-5,11,16H,6-9H2,1-3H3. The molecule has 0 spiro atoms. The monoisotopic (exact) mass is 316 g/mol. The summed E-state index contributed by atoms with van der Waals surface area (Å²) in [6.45, 7) is 3.19. The number of nitrogens with zero attached hydrogens (tertiary/aromatic N) is 1. The maximum atomic E-state index is 14.1. The number of rotatable bonds is 5. The molecule has 1 heterocycles. The number of methoxy groups -OCH3 is 1. The van der Waals surface area contributed by atoms with Crippen molar-refractivity contribution < 1.29 is 17.5 Å². The van der Waals surface area contributed by atoms with Gasteiger partial charge in [-0.3, -0.25) is 0 Å². The molecule has 0 radical (unpaired) electrons. The summed E-state index contributed by atoms with van der Waals surface area (Å²) in [5.41, 5.74) is 0.103. The van der Waals surface area contributed by atoms with E-state index in [2.05, 4.69) is 5.32 Å². The largest absolute Gasteiger partial charge is 0.494 e. The van der Waals surface area contributed by atoms with E-state index < -0.39 is 15.8 Å². The van der Waals surface area contributed by atoms with Crippen molar-refractivity contribution in [1.29, 1.82) is 0 Å². The van der Waals surface area contributed by atoms with Crippen LogP contribution in [0.3, 0.4) is 0 Å². The highest BCUT2D eigenvalue weighted by atomic mass is 32.2. The van der Waals surface area contributed by atoms with E-state index in [1.54, 1.807) is 0 Å². The lowest BCUT2D eigenvalue weighted by Gasteiger charge is -2.19. The van der Waals surface area contributed by atoms with E-state index in [4.69, 9.17) is 4.74 Å². The van der Waals surface area contributed by atoms with Gasteiger partial charge in [-0.25, -0.2) is 12.8 Å². The lowest BCUT2D eigenvalue weighted by Crippen LogP contribution is -2.31. The van der Waals surface area contributed by atoms with Crippen molar-refractivity contribution in [1.82, 2.24) is 9.62 Å². The van der Waals surface area contributed by atoms with Crippen LogP contribution in [0.15, 0.2) is 17.0 Å². The van der Waals surface area contributed by atoms with Gasteiger partial charge in [0.1, 0.15) is 0 Å². The van der Waals surface area contributed by atoms with Gasteiger partial charge < -0.3 is 10.1 Å². The van der Waals surface area contributed by atoms with E-state index in [1.165, 1.54) is 30.5 Å². The maximum absolute atomic E-state index is 14.1. The fourth-order valence-corrected chi connectivity index (χ4v) is 4.44. The van der Waals surface area contributed by atoms with Crippen molar-refractivity contribution in [2.75, 3.05) is 33.8 Å². The highest BCUT2D eigenvalue weighted by Gasteiger charge is 2.33. The van der Waals surface area contributed by atoms with Gasteiger partial charge >= 0.3 is 0 Å². The van der Waals surface area contributed by atoms with Crippen LogP contribution in [0, 0.1) is 18.7 Å². The van der Waals surface area contributed by atoms with Crippen LogP contribution in [-0.2, 0) is 10.0 Å². The molecule has 0 saturated carbocycles. The van der Waals surface area contributed by atoms with E-state index in [1.807, 2.05) is 7.05 Å². The Balaban J connectivity index is 2.31. The number of hydrogen-bond acceptors (Lipinski definition) is 4. The molecule has 1 atom stereocenters. The van der Waals surface area contributed by atoms with Crippen molar-refractivity contribution in [2.24, 2.45) is 5.92 Å². The lowest BCUT2D eigenvalue weighted by atomic mass is 10.1. The van der Waals surface area contributed by atoms with E-state index >= 15 is 0 Å². The molecule has 1 unspecified atom stereocenters. The smallest absolute Gasteiger partial charge is 0.243 e. The summed E-state index contributed by atoms with van der Waals surface area (Å²) >= 11 is 0. The van der Waals surface area contributed by atoms with Crippen LogP contribution in [0.2, 0.25) is 0 Å². The summed E-state index contributed by atoms with van der Waals surface area (Å²) in [4.78, 5) is 0.0194. The first-order valence-electron chi connectivity index (χ1n) is 6.89. The molecule has 21 heavy (non-hydrogen) atoms. The van der Waals surface area contributed by atoms with Gasteiger partial charge in [-0.05, 0) is 45.0 Å². The summed E-state index contributed by atoms with van der Waals surface area (Å²) in [6, 6.07) is 2.77. The first-order valence-corrected chi connectivity index (χ1v) is 8.33. The van der Waals surface area contributed by atoms with Crippen LogP contribution in [0.4, 0.5) is 4.39 Å². The van der Waals surface area contributed by atoms with Gasteiger partial charge in [0, 0.05) is 18.7 Å². The molecule has 5 nitrogen and oxygen atoms in total. The summed E-state index contributed by atoms with van der Waals surface area (Å²) < 4.78 is 45.7. The predicted octanol–water partition coefficient (Wildman–Crippen LogP) is 1.37. The van der Waals surface area contributed by atoms with E-state index in [0.29, 0.717) is 19.0 Å².